The minimum atomic E-state index is -0.579. The molecule has 1 saturated carbocycles. The second kappa shape index (κ2) is 5.72. The summed E-state index contributed by atoms with van der Waals surface area (Å²) in [5.74, 6) is -0.152. The van der Waals surface area contributed by atoms with Crippen LogP contribution in [0.15, 0.2) is 23.9 Å². The number of methoxy groups -OCH3 is 1. The van der Waals surface area contributed by atoms with E-state index in [1.54, 1.807) is 25.3 Å². The molecule has 2 aliphatic rings. The van der Waals surface area contributed by atoms with Gasteiger partial charge in [0.2, 0.25) is 11.4 Å². The van der Waals surface area contributed by atoms with E-state index in [4.69, 9.17) is 21.1 Å². The van der Waals surface area contributed by atoms with Crippen molar-refractivity contribution >= 4 is 23.5 Å². The van der Waals surface area contributed by atoms with Gasteiger partial charge in [-0.3, -0.25) is 0 Å². The summed E-state index contributed by atoms with van der Waals surface area (Å²) in [6, 6.07) is 1.60. The molecule has 5 nitrogen and oxygen atoms in total. The maximum atomic E-state index is 12.6. The maximum absolute atomic E-state index is 12.6. The van der Waals surface area contributed by atoms with E-state index in [1.165, 1.54) is 11.7 Å². The summed E-state index contributed by atoms with van der Waals surface area (Å²) in [7, 11) is 1.53. The van der Waals surface area contributed by atoms with Crippen molar-refractivity contribution in [3.8, 4) is 5.75 Å². The highest BCUT2D eigenvalue weighted by Gasteiger charge is 2.47. The molecule has 0 radical (unpaired) electrons. The van der Waals surface area contributed by atoms with Gasteiger partial charge in [0.1, 0.15) is 0 Å². The summed E-state index contributed by atoms with van der Waals surface area (Å²) in [5, 5.41) is 0.459. The molecule has 1 aromatic rings. The van der Waals surface area contributed by atoms with Crippen LogP contribution in [-0.2, 0) is 9.53 Å². The summed E-state index contributed by atoms with van der Waals surface area (Å²) in [5.41, 5.74) is 0.802. The molecule has 2 heterocycles. The van der Waals surface area contributed by atoms with E-state index in [-0.39, 0.29) is 18.1 Å². The van der Waals surface area contributed by atoms with Crippen LogP contribution in [0.5, 0.6) is 5.75 Å². The van der Waals surface area contributed by atoms with E-state index in [2.05, 4.69) is 0 Å². The first kappa shape index (κ1) is 15.0. The number of halogens is 1. The van der Waals surface area contributed by atoms with Crippen LogP contribution in [0.4, 0.5) is 0 Å². The van der Waals surface area contributed by atoms with E-state index < -0.39 is 11.9 Å². The van der Waals surface area contributed by atoms with E-state index in [0.717, 1.165) is 18.5 Å². The van der Waals surface area contributed by atoms with Crippen LogP contribution >= 0.6 is 11.6 Å². The molecular formula is C16H17ClNO4+. The van der Waals surface area contributed by atoms with Gasteiger partial charge >= 0.3 is 11.9 Å². The number of pyridine rings is 1. The van der Waals surface area contributed by atoms with Crippen LogP contribution in [-0.4, -0.2) is 25.6 Å². The zero-order valence-electron chi connectivity index (χ0n) is 12.5. The molecule has 0 amide bonds. The minimum Gasteiger partial charge on any atom is -0.489 e. The van der Waals surface area contributed by atoms with Crippen LogP contribution in [0, 0.1) is 5.92 Å². The Morgan fingerprint density at radius 1 is 1.45 bits per heavy atom. The number of esters is 1. The van der Waals surface area contributed by atoms with E-state index >= 15 is 0 Å². The van der Waals surface area contributed by atoms with Crippen molar-refractivity contribution in [2.45, 2.75) is 25.7 Å². The highest BCUT2D eigenvalue weighted by molar-refractivity contribution is 6.32. The van der Waals surface area contributed by atoms with Gasteiger partial charge in [-0.1, -0.05) is 11.6 Å². The largest absolute Gasteiger partial charge is 0.489 e. The first-order valence-corrected chi connectivity index (χ1v) is 7.68. The van der Waals surface area contributed by atoms with Crippen molar-refractivity contribution in [2.24, 2.45) is 5.92 Å². The molecule has 116 valence electrons. The Bertz CT molecular complexity index is 679. The number of nitrogens with zero attached hydrogens (tertiary/aromatic N) is 1. The Kier molecular flexibility index (Phi) is 3.91. The van der Waals surface area contributed by atoms with Gasteiger partial charge < -0.3 is 9.47 Å². The Hall–Kier alpha value is -1.88. The number of rotatable bonds is 4. The number of hydrogen-bond acceptors (Lipinski definition) is 4. The van der Waals surface area contributed by atoms with Crippen molar-refractivity contribution in [3.05, 3.63) is 34.6 Å². The molecule has 3 rings (SSSR count). The molecule has 1 atom stereocenters. The highest BCUT2D eigenvalue weighted by atomic mass is 35.5. The molecular weight excluding hydrogens is 306 g/mol. The molecule has 1 aromatic heterocycles. The second-order valence-electron chi connectivity index (χ2n) is 5.42. The van der Waals surface area contributed by atoms with Gasteiger partial charge in [0.15, 0.2) is 11.8 Å². The average Bonchev–Trinajstić information content (AvgIpc) is 3.32. The lowest BCUT2D eigenvalue weighted by Gasteiger charge is -2.19. The van der Waals surface area contributed by atoms with Crippen LogP contribution in [0.25, 0.3) is 0 Å². The zero-order valence-corrected chi connectivity index (χ0v) is 13.2. The molecule has 0 N–H and O–H groups in total. The standard InChI is InChI=1S/C16H17ClNO4/c1-3-22-16(20)11-8-10(9-4-5-9)13-14(21-2)12(17)6-7-18(13)15(11)19/h6-10H,3-5H2,1-2H3/q+1. The SMILES string of the molecule is CCOC(=O)C1=CC(C2CC2)c2c(OC)c(Cl)cc[n+]2C1=O. The molecule has 0 spiro atoms. The summed E-state index contributed by atoms with van der Waals surface area (Å²) in [6.45, 7) is 1.95. The summed E-state index contributed by atoms with van der Waals surface area (Å²) in [4.78, 5) is 24.6. The van der Waals surface area contributed by atoms with Crippen LogP contribution in [0.2, 0.25) is 5.02 Å². The molecule has 0 saturated heterocycles. The van der Waals surface area contributed by atoms with E-state index in [1.807, 2.05) is 0 Å². The Morgan fingerprint density at radius 3 is 2.77 bits per heavy atom. The maximum Gasteiger partial charge on any atom is 0.432 e. The summed E-state index contributed by atoms with van der Waals surface area (Å²) in [6.07, 6.45) is 5.42. The predicted molar refractivity (Wildman–Crippen MR) is 79.0 cm³/mol. The van der Waals surface area contributed by atoms with Crippen molar-refractivity contribution in [2.75, 3.05) is 13.7 Å². The number of aromatic nitrogens is 1. The van der Waals surface area contributed by atoms with Gasteiger partial charge in [0, 0.05) is 6.07 Å². The van der Waals surface area contributed by atoms with Crippen molar-refractivity contribution in [1.82, 2.24) is 0 Å². The molecule has 22 heavy (non-hydrogen) atoms. The normalized spacial score (nSPS) is 20.2. The monoisotopic (exact) mass is 322 g/mol. The van der Waals surface area contributed by atoms with Gasteiger partial charge in [0.25, 0.3) is 0 Å². The fourth-order valence-corrected chi connectivity index (χ4v) is 3.09. The number of carbonyl (C=O) groups excluding carboxylic acids is 2. The van der Waals surface area contributed by atoms with Crippen LogP contribution in [0.1, 0.15) is 36.2 Å². The Balaban J connectivity index is 2.13. The van der Waals surface area contributed by atoms with Gasteiger partial charge in [-0.05, 0) is 31.8 Å². The van der Waals surface area contributed by atoms with Gasteiger partial charge in [-0.15, -0.1) is 4.57 Å². The van der Waals surface area contributed by atoms with Gasteiger partial charge in [0.05, 0.1) is 24.7 Å². The second-order valence-corrected chi connectivity index (χ2v) is 5.83. The van der Waals surface area contributed by atoms with Gasteiger partial charge in [-0.2, -0.15) is 0 Å². The molecule has 0 aromatic carbocycles. The summed E-state index contributed by atoms with van der Waals surface area (Å²) < 4.78 is 11.8. The van der Waals surface area contributed by atoms with Crippen LogP contribution in [0.3, 0.4) is 0 Å². The van der Waals surface area contributed by atoms with Crippen molar-refractivity contribution < 1.29 is 23.6 Å². The molecule has 6 heteroatoms. The molecule has 1 fully saturated rings. The lowest BCUT2D eigenvalue weighted by Crippen LogP contribution is -2.52. The predicted octanol–water partition coefficient (Wildman–Crippen LogP) is 2.27. The Morgan fingerprint density at radius 2 is 2.18 bits per heavy atom. The smallest absolute Gasteiger partial charge is 0.432 e. The van der Waals surface area contributed by atoms with E-state index in [0.29, 0.717) is 16.7 Å². The molecule has 1 aliphatic carbocycles. The van der Waals surface area contributed by atoms with Crippen LogP contribution < -0.4 is 9.30 Å². The third-order valence-corrected chi connectivity index (χ3v) is 4.32. The number of hydrogen-bond donors (Lipinski definition) is 0. The van der Waals surface area contributed by atoms with Crippen molar-refractivity contribution in [1.29, 1.82) is 0 Å². The lowest BCUT2D eigenvalue weighted by molar-refractivity contribution is -0.582. The summed E-state index contributed by atoms with van der Waals surface area (Å²) >= 11 is 6.19. The first-order valence-electron chi connectivity index (χ1n) is 7.30. The van der Waals surface area contributed by atoms with E-state index in [9.17, 15) is 9.59 Å². The van der Waals surface area contributed by atoms with Crippen molar-refractivity contribution in [3.63, 3.8) is 0 Å². The zero-order chi connectivity index (χ0) is 15.9. The number of allylic oxidation sites excluding steroid dienone is 1. The lowest BCUT2D eigenvalue weighted by atomic mass is 9.91. The third-order valence-electron chi connectivity index (χ3n) is 4.02. The molecule has 0 bridgehead atoms. The van der Waals surface area contributed by atoms with Gasteiger partial charge in [-0.25, -0.2) is 9.59 Å². The fourth-order valence-electron chi connectivity index (χ4n) is 2.86. The average molecular weight is 323 g/mol. The molecule has 1 unspecified atom stereocenters. The number of fused-ring (bicyclic) bond motifs is 1. The fraction of sp³-hybridized carbons (Fsp3) is 0.438. The topological polar surface area (TPSA) is 56.5 Å². The minimum absolute atomic E-state index is 0.0641. The first-order chi connectivity index (χ1) is 10.6. The third kappa shape index (κ3) is 2.39. The Labute approximate surface area is 133 Å². The number of ether oxygens (including phenoxy) is 2. The number of carbonyl (C=O) groups is 2. The highest BCUT2D eigenvalue weighted by Crippen LogP contribution is 2.47. The molecule has 1 aliphatic heterocycles. The quantitative estimate of drug-likeness (QED) is 0.485.